The number of halogens is 4. The minimum Gasteiger partial charge on any atom is -0.348 e. The van der Waals surface area contributed by atoms with E-state index in [0.29, 0.717) is 0 Å². The van der Waals surface area contributed by atoms with Crippen molar-refractivity contribution in [2.75, 3.05) is 0 Å². The Balaban J connectivity index is 2.12. The second-order valence-corrected chi connectivity index (χ2v) is 5.25. The van der Waals surface area contributed by atoms with E-state index in [4.69, 9.17) is 0 Å². The molecule has 112 valence electrons. The van der Waals surface area contributed by atoms with E-state index in [1.54, 1.807) is 24.1 Å². The quantitative estimate of drug-likeness (QED) is 0.912. The maximum atomic E-state index is 12.8. The van der Waals surface area contributed by atoms with Crippen molar-refractivity contribution in [2.24, 2.45) is 7.05 Å². The second kappa shape index (κ2) is 5.88. The molecule has 2 aromatic rings. The monoisotopic (exact) mass is 361 g/mol. The van der Waals surface area contributed by atoms with E-state index in [-0.39, 0.29) is 16.6 Å². The largest absolute Gasteiger partial charge is 0.417 e. The van der Waals surface area contributed by atoms with E-state index < -0.39 is 17.6 Å². The maximum Gasteiger partial charge on any atom is 0.417 e. The van der Waals surface area contributed by atoms with Crippen molar-refractivity contribution in [1.29, 1.82) is 0 Å². The first-order chi connectivity index (χ1) is 9.77. The van der Waals surface area contributed by atoms with Crippen LogP contribution in [0.25, 0.3) is 0 Å². The standard InChI is InChI=1S/C13H11BrF3N3O/c1-20-7-8(6-19-20)5-18-12(21)9-2-3-11(14)10(4-9)13(15,16)17/h2-4,6-7H,5H2,1H3,(H,18,21). The Kier molecular flexibility index (Phi) is 4.36. The molecule has 1 aromatic heterocycles. The van der Waals surface area contributed by atoms with Crippen LogP contribution in [0.5, 0.6) is 0 Å². The molecule has 1 N–H and O–H groups in total. The zero-order valence-corrected chi connectivity index (χ0v) is 12.5. The highest BCUT2D eigenvalue weighted by Gasteiger charge is 2.33. The van der Waals surface area contributed by atoms with Gasteiger partial charge in [0.2, 0.25) is 0 Å². The Morgan fingerprint density at radius 2 is 2.14 bits per heavy atom. The summed E-state index contributed by atoms with van der Waals surface area (Å²) in [5.74, 6) is -0.572. The average molecular weight is 362 g/mol. The van der Waals surface area contributed by atoms with E-state index in [9.17, 15) is 18.0 Å². The Morgan fingerprint density at radius 1 is 1.43 bits per heavy atom. The first-order valence-corrected chi connectivity index (χ1v) is 6.69. The number of aryl methyl sites for hydroxylation is 1. The fraction of sp³-hybridized carbons (Fsp3) is 0.231. The van der Waals surface area contributed by atoms with Gasteiger partial charge in [-0.05, 0) is 18.2 Å². The molecule has 0 atom stereocenters. The number of carbonyl (C=O) groups is 1. The molecule has 0 fully saturated rings. The van der Waals surface area contributed by atoms with Crippen LogP contribution in [-0.4, -0.2) is 15.7 Å². The summed E-state index contributed by atoms with van der Waals surface area (Å²) in [4.78, 5) is 11.9. The van der Waals surface area contributed by atoms with Gasteiger partial charge in [-0.15, -0.1) is 0 Å². The third-order valence-corrected chi connectivity index (χ3v) is 3.44. The van der Waals surface area contributed by atoms with Gasteiger partial charge in [-0.1, -0.05) is 15.9 Å². The van der Waals surface area contributed by atoms with Crippen LogP contribution >= 0.6 is 15.9 Å². The molecule has 0 spiro atoms. The molecule has 0 saturated heterocycles. The molecular formula is C13H11BrF3N3O. The van der Waals surface area contributed by atoms with Gasteiger partial charge in [0.05, 0.1) is 11.8 Å². The average Bonchev–Trinajstić information content (AvgIpc) is 2.81. The number of carbonyl (C=O) groups excluding carboxylic acids is 1. The predicted molar refractivity (Wildman–Crippen MR) is 73.5 cm³/mol. The SMILES string of the molecule is Cn1cc(CNC(=O)c2ccc(Br)c(C(F)(F)F)c2)cn1. The number of aromatic nitrogens is 2. The number of benzene rings is 1. The van der Waals surface area contributed by atoms with Crippen LogP contribution in [0.2, 0.25) is 0 Å². The molecule has 0 saturated carbocycles. The van der Waals surface area contributed by atoms with Crippen LogP contribution in [-0.2, 0) is 19.8 Å². The summed E-state index contributed by atoms with van der Waals surface area (Å²) in [6.45, 7) is 0.199. The Morgan fingerprint density at radius 3 is 2.71 bits per heavy atom. The number of nitrogens with zero attached hydrogens (tertiary/aromatic N) is 2. The van der Waals surface area contributed by atoms with Crippen molar-refractivity contribution in [3.05, 3.63) is 51.8 Å². The lowest BCUT2D eigenvalue weighted by Crippen LogP contribution is -2.23. The second-order valence-electron chi connectivity index (χ2n) is 4.40. The van der Waals surface area contributed by atoms with Crippen LogP contribution in [0.15, 0.2) is 35.1 Å². The summed E-state index contributed by atoms with van der Waals surface area (Å²) in [7, 11) is 1.73. The highest BCUT2D eigenvalue weighted by Crippen LogP contribution is 2.35. The smallest absolute Gasteiger partial charge is 0.348 e. The van der Waals surface area contributed by atoms with E-state index in [1.165, 1.54) is 12.1 Å². The maximum absolute atomic E-state index is 12.8. The van der Waals surface area contributed by atoms with Crippen molar-refractivity contribution in [3.63, 3.8) is 0 Å². The molecule has 0 aliphatic rings. The highest BCUT2D eigenvalue weighted by molar-refractivity contribution is 9.10. The minimum atomic E-state index is -4.52. The molecule has 21 heavy (non-hydrogen) atoms. The first-order valence-electron chi connectivity index (χ1n) is 5.90. The fourth-order valence-corrected chi connectivity index (χ4v) is 2.20. The van der Waals surface area contributed by atoms with Gasteiger partial charge < -0.3 is 5.32 Å². The third kappa shape index (κ3) is 3.84. The topological polar surface area (TPSA) is 46.9 Å². The molecule has 1 amide bonds. The zero-order chi connectivity index (χ0) is 15.6. The number of hydrogen-bond acceptors (Lipinski definition) is 2. The number of amides is 1. The Hall–Kier alpha value is -1.83. The van der Waals surface area contributed by atoms with Crippen molar-refractivity contribution in [3.8, 4) is 0 Å². The lowest BCUT2D eigenvalue weighted by Gasteiger charge is -2.11. The zero-order valence-electron chi connectivity index (χ0n) is 10.9. The van der Waals surface area contributed by atoms with Gasteiger partial charge in [0.1, 0.15) is 0 Å². The van der Waals surface area contributed by atoms with Crippen molar-refractivity contribution < 1.29 is 18.0 Å². The fourth-order valence-electron chi connectivity index (χ4n) is 1.73. The van der Waals surface area contributed by atoms with E-state index in [0.717, 1.165) is 11.6 Å². The first kappa shape index (κ1) is 15.6. The molecule has 0 unspecified atom stereocenters. The van der Waals surface area contributed by atoms with Crippen molar-refractivity contribution >= 4 is 21.8 Å². The van der Waals surface area contributed by atoms with Gasteiger partial charge >= 0.3 is 6.18 Å². The summed E-state index contributed by atoms with van der Waals surface area (Å²) < 4.78 is 39.8. The molecule has 0 radical (unpaired) electrons. The van der Waals surface area contributed by atoms with Gasteiger partial charge in [-0.3, -0.25) is 9.48 Å². The van der Waals surface area contributed by atoms with Crippen LogP contribution in [0.1, 0.15) is 21.5 Å². The van der Waals surface area contributed by atoms with Crippen LogP contribution in [0.4, 0.5) is 13.2 Å². The van der Waals surface area contributed by atoms with Gasteiger partial charge in [-0.25, -0.2) is 0 Å². The van der Waals surface area contributed by atoms with E-state index in [1.807, 2.05) is 0 Å². The number of hydrogen-bond donors (Lipinski definition) is 1. The number of rotatable bonds is 3. The molecular weight excluding hydrogens is 351 g/mol. The van der Waals surface area contributed by atoms with Crippen molar-refractivity contribution in [1.82, 2.24) is 15.1 Å². The van der Waals surface area contributed by atoms with Crippen LogP contribution in [0.3, 0.4) is 0 Å². The van der Waals surface area contributed by atoms with Crippen LogP contribution < -0.4 is 5.32 Å². The molecule has 0 aliphatic heterocycles. The normalized spacial score (nSPS) is 11.5. The third-order valence-electron chi connectivity index (χ3n) is 2.75. The predicted octanol–water partition coefficient (Wildman–Crippen LogP) is 3.13. The highest BCUT2D eigenvalue weighted by atomic mass is 79.9. The van der Waals surface area contributed by atoms with Gasteiger partial charge in [0.15, 0.2) is 0 Å². The summed E-state index contributed by atoms with van der Waals surface area (Å²) in [5, 5.41) is 6.49. The van der Waals surface area contributed by atoms with Gasteiger partial charge in [0.25, 0.3) is 5.91 Å². The Labute approximate surface area is 127 Å². The molecule has 1 heterocycles. The summed E-state index contributed by atoms with van der Waals surface area (Å²) in [6.07, 6.45) is -1.23. The van der Waals surface area contributed by atoms with E-state index >= 15 is 0 Å². The molecule has 8 heteroatoms. The molecule has 0 bridgehead atoms. The molecule has 1 aromatic carbocycles. The van der Waals surface area contributed by atoms with Crippen LogP contribution in [0, 0.1) is 0 Å². The lowest BCUT2D eigenvalue weighted by atomic mass is 10.1. The van der Waals surface area contributed by atoms with Gasteiger partial charge in [0, 0.05) is 35.4 Å². The number of alkyl halides is 3. The minimum absolute atomic E-state index is 0.0468. The Bertz CT molecular complexity index is 667. The number of nitrogens with one attached hydrogen (secondary N) is 1. The summed E-state index contributed by atoms with van der Waals surface area (Å²) >= 11 is 2.83. The van der Waals surface area contributed by atoms with E-state index in [2.05, 4.69) is 26.3 Å². The lowest BCUT2D eigenvalue weighted by molar-refractivity contribution is -0.138. The molecule has 0 aliphatic carbocycles. The molecule has 4 nitrogen and oxygen atoms in total. The van der Waals surface area contributed by atoms with Crippen molar-refractivity contribution in [2.45, 2.75) is 12.7 Å². The summed E-state index contributed by atoms with van der Waals surface area (Å²) in [5.41, 5.74) is -0.162. The summed E-state index contributed by atoms with van der Waals surface area (Å²) in [6, 6.07) is 3.36. The van der Waals surface area contributed by atoms with Gasteiger partial charge in [-0.2, -0.15) is 18.3 Å². The molecule has 2 rings (SSSR count).